The molecule has 0 unspecified atom stereocenters. The summed E-state index contributed by atoms with van der Waals surface area (Å²) in [5.41, 5.74) is 0. The van der Waals surface area contributed by atoms with E-state index in [1.54, 1.807) is 0 Å². The first-order valence-electron chi connectivity index (χ1n) is 6.17. The van der Waals surface area contributed by atoms with Crippen LogP contribution < -0.4 is 4.72 Å². The topological polar surface area (TPSA) is 73.2 Å². The average molecular weight is 259 g/mol. The summed E-state index contributed by atoms with van der Waals surface area (Å²) >= 11 is 0. The van der Waals surface area contributed by atoms with Crippen LogP contribution in [0.1, 0.15) is 44.9 Å². The van der Waals surface area contributed by atoms with E-state index in [0.29, 0.717) is 0 Å². The van der Waals surface area contributed by atoms with Crippen molar-refractivity contribution in [1.82, 2.24) is 9.03 Å². The molecule has 6 heteroatoms. The second kappa shape index (κ2) is 6.94. The molecule has 1 N–H and O–H groups in total. The molecule has 0 saturated heterocycles. The van der Waals surface area contributed by atoms with Crippen molar-refractivity contribution in [3.05, 3.63) is 0 Å². The zero-order valence-corrected chi connectivity index (χ0v) is 11.2. The van der Waals surface area contributed by atoms with Crippen LogP contribution in [0.25, 0.3) is 0 Å². The maximum atomic E-state index is 11.9. The molecule has 0 aromatic carbocycles. The fourth-order valence-corrected chi connectivity index (χ4v) is 3.19. The van der Waals surface area contributed by atoms with E-state index in [-0.39, 0.29) is 19.0 Å². The lowest BCUT2D eigenvalue weighted by atomic mass is 10.1. The number of hydrogen-bond donors (Lipinski definition) is 1. The van der Waals surface area contributed by atoms with Crippen LogP contribution in [0.2, 0.25) is 0 Å². The molecule has 1 fully saturated rings. The lowest BCUT2D eigenvalue weighted by molar-refractivity contribution is 0.439. The summed E-state index contributed by atoms with van der Waals surface area (Å²) in [6, 6.07) is 2.01. The SMILES string of the molecule is CN(CCC#N)S(=O)(=O)NC1CCCCCC1. The molecule has 0 bridgehead atoms. The van der Waals surface area contributed by atoms with Crippen LogP contribution in [0.4, 0.5) is 0 Å². The molecule has 0 atom stereocenters. The molecule has 1 aliphatic rings. The Morgan fingerprint density at radius 3 is 2.41 bits per heavy atom. The van der Waals surface area contributed by atoms with E-state index in [4.69, 9.17) is 5.26 Å². The van der Waals surface area contributed by atoms with E-state index in [0.717, 1.165) is 25.7 Å². The Hall–Kier alpha value is -0.640. The van der Waals surface area contributed by atoms with Gasteiger partial charge in [-0.3, -0.25) is 0 Å². The van der Waals surface area contributed by atoms with Gasteiger partial charge in [0, 0.05) is 26.1 Å². The molecule has 0 amide bonds. The van der Waals surface area contributed by atoms with E-state index < -0.39 is 10.2 Å². The maximum Gasteiger partial charge on any atom is 0.279 e. The minimum absolute atomic E-state index is 0.0621. The average Bonchev–Trinajstić information content (AvgIpc) is 2.53. The summed E-state index contributed by atoms with van der Waals surface area (Å²) in [7, 11) is -1.91. The molecule has 0 aromatic heterocycles. The summed E-state index contributed by atoms with van der Waals surface area (Å²) in [5.74, 6) is 0. The van der Waals surface area contributed by atoms with Gasteiger partial charge in [0.1, 0.15) is 0 Å². The van der Waals surface area contributed by atoms with Crippen molar-refractivity contribution in [2.75, 3.05) is 13.6 Å². The van der Waals surface area contributed by atoms with Crippen LogP contribution in [0.15, 0.2) is 0 Å². The Bertz CT molecular complexity index is 353. The Kier molecular flexibility index (Phi) is 5.89. The summed E-state index contributed by atoms with van der Waals surface area (Å²) < 4.78 is 27.8. The van der Waals surface area contributed by atoms with E-state index >= 15 is 0 Å². The molecule has 5 nitrogen and oxygen atoms in total. The van der Waals surface area contributed by atoms with Crippen LogP contribution in [0.3, 0.4) is 0 Å². The molecule has 0 heterocycles. The predicted octanol–water partition coefficient (Wildman–Crippen LogP) is 1.39. The van der Waals surface area contributed by atoms with Gasteiger partial charge in [-0.25, -0.2) is 0 Å². The Balaban J connectivity index is 2.49. The maximum absolute atomic E-state index is 11.9. The molecule has 1 rings (SSSR count). The molecule has 0 spiro atoms. The highest BCUT2D eigenvalue weighted by Crippen LogP contribution is 2.18. The number of nitriles is 1. The third-order valence-corrected chi connectivity index (χ3v) is 4.75. The highest BCUT2D eigenvalue weighted by atomic mass is 32.2. The fraction of sp³-hybridized carbons (Fsp3) is 0.909. The molecular weight excluding hydrogens is 238 g/mol. The zero-order chi connectivity index (χ0) is 12.7. The molecule has 1 aliphatic carbocycles. The highest BCUT2D eigenvalue weighted by molar-refractivity contribution is 7.87. The van der Waals surface area contributed by atoms with Crippen LogP contribution >= 0.6 is 0 Å². The fourth-order valence-electron chi connectivity index (χ4n) is 2.03. The third-order valence-electron chi connectivity index (χ3n) is 3.12. The minimum Gasteiger partial charge on any atom is -0.199 e. The Morgan fingerprint density at radius 2 is 1.88 bits per heavy atom. The smallest absolute Gasteiger partial charge is 0.199 e. The number of nitrogens with zero attached hydrogens (tertiary/aromatic N) is 2. The monoisotopic (exact) mass is 259 g/mol. The first-order valence-corrected chi connectivity index (χ1v) is 7.61. The van der Waals surface area contributed by atoms with Gasteiger partial charge in [0.25, 0.3) is 10.2 Å². The van der Waals surface area contributed by atoms with E-state index in [1.165, 1.54) is 24.2 Å². The Labute approximate surface area is 104 Å². The number of hydrogen-bond acceptors (Lipinski definition) is 3. The van der Waals surface area contributed by atoms with E-state index in [1.807, 2.05) is 6.07 Å². The number of rotatable bonds is 5. The summed E-state index contributed by atoms with van der Waals surface area (Å²) in [6.07, 6.45) is 6.65. The van der Waals surface area contributed by atoms with Crippen molar-refractivity contribution in [3.63, 3.8) is 0 Å². The van der Waals surface area contributed by atoms with Gasteiger partial charge < -0.3 is 0 Å². The van der Waals surface area contributed by atoms with Gasteiger partial charge in [0.05, 0.1) is 6.07 Å². The van der Waals surface area contributed by atoms with Crippen molar-refractivity contribution < 1.29 is 8.42 Å². The predicted molar refractivity (Wildman–Crippen MR) is 66.4 cm³/mol. The second-order valence-corrected chi connectivity index (χ2v) is 6.35. The van der Waals surface area contributed by atoms with Gasteiger partial charge in [0.15, 0.2) is 0 Å². The van der Waals surface area contributed by atoms with Gasteiger partial charge in [0.2, 0.25) is 0 Å². The molecule has 0 aromatic rings. The summed E-state index contributed by atoms with van der Waals surface area (Å²) in [4.78, 5) is 0. The quantitative estimate of drug-likeness (QED) is 0.758. The van der Waals surface area contributed by atoms with Gasteiger partial charge in [-0.05, 0) is 12.8 Å². The highest BCUT2D eigenvalue weighted by Gasteiger charge is 2.22. The standard InChI is InChI=1S/C11H21N3O2S/c1-14(10-6-9-12)17(15,16)13-11-7-4-2-3-5-8-11/h11,13H,2-8,10H2,1H3. The van der Waals surface area contributed by atoms with Crippen molar-refractivity contribution in [2.24, 2.45) is 0 Å². The number of nitrogens with one attached hydrogen (secondary N) is 1. The molecule has 0 radical (unpaired) electrons. The zero-order valence-electron chi connectivity index (χ0n) is 10.4. The van der Waals surface area contributed by atoms with Crippen LogP contribution in [0, 0.1) is 11.3 Å². The first-order chi connectivity index (χ1) is 8.06. The Morgan fingerprint density at radius 1 is 1.29 bits per heavy atom. The van der Waals surface area contributed by atoms with E-state index in [9.17, 15) is 8.42 Å². The molecular formula is C11H21N3O2S. The van der Waals surface area contributed by atoms with Gasteiger partial charge in [-0.15, -0.1) is 0 Å². The lowest BCUT2D eigenvalue weighted by Gasteiger charge is -2.21. The summed E-state index contributed by atoms with van der Waals surface area (Å²) in [6.45, 7) is 0.249. The van der Waals surface area contributed by atoms with Gasteiger partial charge >= 0.3 is 0 Å². The second-order valence-electron chi connectivity index (χ2n) is 4.54. The minimum atomic E-state index is -3.42. The largest absolute Gasteiger partial charge is 0.279 e. The molecule has 98 valence electrons. The van der Waals surface area contributed by atoms with Gasteiger partial charge in [-0.2, -0.15) is 22.7 Å². The summed E-state index contributed by atoms with van der Waals surface area (Å²) in [5, 5.41) is 8.45. The van der Waals surface area contributed by atoms with Crippen LogP contribution in [0.5, 0.6) is 0 Å². The molecule has 0 aliphatic heterocycles. The van der Waals surface area contributed by atoms with Crippen LogP contribution in [-0.2, 0) is 10.2 Å². The lowest BCUT2D eigenvalue weighted by Crippen LogP contribution is -2.43. The molecule has 17 heavy (non-hydrogen) atoms. The normalized spacial score (nSPS) is 18.9. The molecule has 1 saturated carbocycles. The van der Waals surface area contributed by atoms with Crippen molar-refractivity contribution in [3.8, 4) is 6.07 Å². The van der Waals surface area contributed by atoms with Gasteiger partial charge in [-0.1, -0.05) is 25.7 Å². The van der Waals surface area contributed by atoms with Crippen molar-refractivity contribution in [1.29, 1.82) is 5.26 Å². The van der Waals surface area contributed by atoms with Crippen molar-refractivity contribution in [2.45, 2.75) is 51.0 Å². The van der Waals surface area contributed by atoms with Crippen molar-refractivity contribution >= 4 is 10.2 Å². The third kappa shape index (κ3) is 5.02. The first kappa shape index (κ1) is 14.4. The van der Waals surface area contributed by atoms with E-state index in [2.05, 4.69) is 4.72 Å². The van der Waals surface area contributed by atoms with Crippen LogP contribution in [-0.4, -0.2) is 32.4 Å².